The average Bonchev–Trinajstić information content (AvgIpc) is 2.91. The second kappa shape index (κ2) is 5.32. The third-order valence-corrected chi connectivity index (χ3v) is 5.44. The number of thiol groups is 1. The van der Waals surface area contributed by atoms with Crippen LogP contribution in [0.2, 0.25) is 0 Å². The summed E-state index contributed by atoms with van der Waals surface area (Å²) in [6.45, 7) is 6.61. The number of hydrogen-bond donors (Lipinski definition) is 3. The van der Waals surface area contributed by atoms with Gasteiger partial charge in [-0.15, -0.1) is 12.6 Å². The Bertz CT molecular complexity index is 738. The zero-order valence-corrected chi connectivity index (χ0v) is 14.0. The second-order valence-electron chi connectivity index (χ2n) is 6.57. The van der Waals surface area contributed by atoms with Crippen molar-refractivity contribution in [2.45, 2.75) is 37.1 Å². The average molecular weight is 310 g/mol. The molecule has 2 aromatic carbocycles. The predicted molar refractivity (Wildman–Crippen MR) is 96.2 cm³/mol. The van der Waals surface area contributed by atoms with Crippen LogP contribution in [0.15, 0.2) is 35.2 Å². The molecule has 1 saturated heterocycles. The van der Waals surface area contributed by atoms with Crippen LogP contribution in [0.1, 0.15) is 29.0 Å². The second-order valence-corrected chi connectivity index (χ2v) is 7.08. The van der Waals surface area contributed by atoms with E-state index in [1.54, 1.807) is 0 Å². The minimum atomic E-state index is 0.579. The molecule has 4 rings (SSSR count). The van der Waals surface area contributed by atoms with Gasteiger partial charge < -0.3 is 10.6 Å². The van der Waals surface area contributed by atoms with Gasteiger partial charge in [0, 0.05) is 34.7 Å². The molecule has 3 heteroatoms. The van der Waals surface area contributed by atoms with Gasteiger partial charge in [-0.3, -0.25) is 0 Å². The Kier molecular flexibility index (Phi) is 3.43. The molecular formula is C19H22N2S. The fourth-order valence-corrected chi connectivity index (χ4v) is 4.21. The Morgan fingerprint density at radius 1 is 1.05 bits per heavy atom. The molecular weight excluding hydrogens is 288 g/mol. The highest BCUT2D eigenvalue weighted by Crippen LogP contribution is 2.46. The predicted octanol–water partition coefficient (Wildman–Crippen LogP) is 4.13. The van der Waals surface area contributed by atoms with E-state index in [9.17, 15) is 0 Å². The number of aryl methyl sites for hydroxylation is 2. The van der Waals surface area contributed by atoms with E-state index in [2.05, 4.69) is 67.4 Å². The molecule has 2 heterocycles. The van der Waals surface area contributed by atoms with Crippen molar-refractivity contribution in [3.05, 3.63) is 47.0 Å². The topological polar surface area (TPSA) is 24.1 Å². The van der Waals surface area contributed by atoms with Crippen LogP contribution >= 0.6 is 12.6 Å². The van der Waals surface area contributed by atoms with Crippen LogP contribution in [0.3, 0.4) is 0 Å². The number of hydrogen-bond acceptors (Lipinski definition) is 3. The minimum Gasteiger partial charge on any atom is -0.381 e. The van der Waals surface area contributed by atoms with E-state index in [1.165, 1.54) is 39.9 Å². The van der Waals surface area contributed by atoms with E-state index in [4.69, 9.17) is 0 Å². The molecule has 2 nitrogen and oxygen atoms in total. The lowest BCUT2D eigenvalue weighted by Gasteiger charge is -2.26. The Morgan fingerprint density at radius 3 is 2.73 bits per heavy atom. The summed E-state index contributed by atoms with van der Waals surface area (Å²) in [7, 11) is 0. The normalized spacial score (nSPS) is 22.9. The highest BCUT2D eigenvalue weighted by atomic mass is 32.1. The fourth-order valence-electron chi connectivity index (χ4n) is 4.00. The molecule has 1 fully saturated rings. The van der Waals surface area contributed by atoms with Gasteiger partial charge >= 0.3 is 0 Å². The maximum Gasteiger partial charge on any atom is 0.0461 e. The Balaban J connectivity index is 1.90. The van der Waals surface area contributed by atoms with Crippen molar-refractivity contribution in [1.82, 2.24) is 5.32 Å². The number of piperidine rings is 1. The van der Waals surface area contributed by atoms with Crippen molar-refractivity contribution < 1.29 is 0 Å². The summed E-state index contributed by atoms with van der Waals surface area (Å²) in [5.74, 6) is 0.600. The van der Waals surface area contributed by atoms with Gasteiger partial charge in [0.1, 0.15) is 0 Å². The van der Waals surface area contributed by atoms with Gasteiger partial charge in [0.15, 0.2) is 0 Å². The number of benzene rings is 2. The molecule has 2 unspecified atom stereocenters. The van der Waals surface area contributed by atoms with Gasteiger partial charge in [-0.25, -0.2) is 0 Å². The summed E-state index contributed by atoms with van der Waals surface area (Å²) in [4.78, 5) is 1.02. The third kappa shape index (κ3) is 2.15. The number of fused-ring (bicyclic) bond motifs is 3. The first-order chi connectivity index (χ1) is 10.6. The minimum absolute atomic E-state index is 0.579. The van der Waals surface area contributed by atoms with Crippen LogP contribution in [0.4, 0.5) is 5.69 Å². The number of rotatable bonds is 1. The van der Waals surface area contributed by atoms with Gasteiger partial charge in [-0.05, 0) is 61.2 Å². The SMILES string of the molecule is Cc1ccc(S)cc1-c1ccc(C)c2c1NC1CCNCC21. The molecule has 2 N–H and O–H groups in total. The quantitative estimate of drug-likeness (QED) is 0.690. The standard InChI is InChI=1S/C19H22N2S/c1-11-3-5-13(22)9-15(11)14-6-4-12(2)18-16-10-20-8-7-17(16)21-19(14)18/h3-6,9,16-17,20-22H,7-8,10H2,1-2H3. The molecule has 22 heavy (non-hydrogen) atoms. The summed E-state index contributed by atoms with van der Waals surface area (Å²) in [6.07, 6.45) is 1.20. The van der Waals surface area contributed by atoms with Crippen molar-refractivity contribution in [2.75, 3.05) is 18.4 Å². The van der Waals surface area contributed by atoms with Crippen molar-refractivity contribution >= 4 is 18.3 Å². The zero-order chi connectivity index (χ0) is 15.3. The van der Waals surface area contributed by atoms with Crippen molar-refractivity contribution in [2.24, 2.45) is 0 Å². The molecule has 0 saturated carbocycles. The first-order valence-electron chi connectivity index (χ1n) is 8.06. The van der Waals surface area contributed by atoms with E-state index < -0.39 is 0 Å². The van der Waals surface area contributed by atoms with Crippen LogP contribution in [0.5, 0.6) is 0 Å². The van der Waals surface area contributed by atoms with Gasteiger partial charge in [0.2, 0.25) is 0 Å². The summed E-state index contributed by atoms with van der Waals surface area (Å²) in [5, 5.41) is 7.38. The molecule has 0 aromatic heterocycles. The number of anilines is 1. The zero-order valence-electron chi connectivity index (χ0n) is 13.1. The van der Waals surface area contributed by atoms with E-state index in [0.29, 0.717) is 12.0 Å². The lowest BCUT2D eigenvalue weighted by atomic mass is 9.86. The van der Waals surface area contributed by atoms with E-state index in [-0.39, 0.29) is 0 Å². The Hall–Kier alpha value is -1.45. The molecule has 2 aliphatic rings. The van der Waals surface area contributed by atoms with Crippen LogP contribution in [0.25, 0.3) is 11.1 Å². The maximum atomic E-state index is 4.53. The van der Waals surface area contributed by atoms with Crippen molar-refractivity contribution in [3.63, 3.8) is 0 Å². The van der Waals surface area contributed by atoms with E-state index >= 15 is 0 Å². The van der Waals surface area contributed by atoms with Crippen molar-refractivity contribution in [3.8, 4) is 11.1 Å². The molecule has 0 amide bonds. The monoisotopic (exact) mass is 310 g/mol. The van der Waals surface area contributed by atoms with Gasteiger partial charge in [0.05, 0.1) is 0 Å². The molecule has 0 spiro atoms. The summed E-state index contributed by atoms with van der Waals surface area (Å²) in [6, 6.07) is 11.5. The summed E-state index contributed by atoms with van der Waals surface area (Å²) >= 11 is 4.53. The molecule has 2 aliphatic heterocycles. The smallest absolute Gasteiger partial charge is 0.0461 e. The van der Waals surface area contributed by atoms with Crippen LogP contribution in [0, 0.1) is 13.8 Å². The Morgan fingerprint density at radius 2 is 1.86 bits per heavy atom. The maximum absolute atomic E-state index is 4.53. The van der Waals surface area contributed by atoms with Crippen LogP contribution < -0.4 is 10.6 Å². The van der Waals surface area contributed by atoms with Gasteiger partial charge in [0.25, 0.3) is 0 Å². The van der Waals surface area contributed by atoms with Crippen LogP contribution in [-0.2, 0) is 0 Å². The molecule has 2 aromatic rings. The van der Waals surface area contributed by atoms with Crippen LogP contribution in [-0.4, -0.2) is 19.1 Å². The molecule has 0 bridgehead atoms. The summed E-state index contributed by atoms with van der Waals surface area (Å²) < 4.78 is 0. The van der Waals surface area contributed by atoms with Gasteiger partial charge in [-0.2, -0.15) is 0 Å². The molecule has 0 aliphatic carbocycles. The van der Waals surface area contributed by atoms with E-state index in [0.717, 1.165) is 18.0 Å². The van der Waals surface area contributed by atoms with E-state index in [1.807, 2.05) is 0 Å². The molecule has 114 valence electrons. The Labute approximate surface area is 137 Å². The molecule has 2 atom stereocenters. The molecule has 0 radical (unpaired) electrons. The first-order valence-corrected chi connectivity index (χ1v) is 8.50. The van der Waals surface area contributed by atoms with Gasteiger partial charge in [-0.1, -0.05) is 18.2 Å². The fraction of sp³-hybridized carbons (Fsp3) is 0.368. The number of nitrogens with one attached hydrogen (secondary N) is 2. The largest absolute Gasteiger partial charge is 0.381 e. The highest BCUT2D eigenvalue weighted by molar-refractivity contribution is 7.80. The summed E-state index contributed by atoms with van der Waals surface area (Å²) in [5.41, 5.74) is 8.19. The lowest BCUT2D eigenvalue weighted by Crippen LogP contribution is -2.38. The van der Waals surface area contributed by atoms with Crippen molar-refractivity contribution in [1.29, 1.82) is 0 Å². The first kappa shape index (κ1) is 14.2. The lowest BCUT2D eigenvalue weighted by molar-refractivity contribution is 0.439. The highest BCUT2D eigenvalue weighted by Gasteiger charge is 2.36. The third-order valence-electron chi connectivity index (χ3n) is 5.16.